The van der Waals surface area contributed by atoms with Crippen LogP contribution in [0.2, 0.25) is 0 Å². The second kappa shape index (κ2) is 3.53. The summed E-state index contributed by atoms with van der Waals surface area (Å²) in [5.41, 5.74) is 9.13. The molecule has 0 aromatic heterocycles. The number of nitrogen functional groups attached to an aromatic ring is 1. The van der Waals surface area contributed by atoms with Crippen LogP contribution in [0.5, 0.6) is 0 Å². The maximum absolute atomic E-state index is 12.8. The first-order valence-electron chi connectivity index (χ1n) is 6.97. The number of nitrogens with two attached hydrogens (primary N) is 1. The summed E-state index contributed by atoms with van der Waals surface area (Å²) >= 11 is 0. The Kier molecular flexibility index (Phi) is 2.32. The van der Waals surface area contributed by atoms with Crippen molar-refractivity contribution in [2.75, 3.05) is 17.2 Å². The number of amides is 1. The minimum absolute atomic E-state index is 0.0904. The van der Waals surface area contributed by atoms with E-state index in [1.54, 1.807) is 0 Å². The van der Waals surface area contributed by atoms with Gasteiger partial charge < -0.3 is 10.6 Å². The quantitative estimate of drug-likeness (QED) is 0.787. The van der Waals surface area contributed by atoms with Crippen molar-refractivity contribution in [3.63, 3.8) is 0 Å². The van der Waals surface area contributed by atoms with Gasteiger partial charge in [-0.3, -0.25) is 4.79 Å². The molecule has 0 bridgehead atoms. The van der Waals surface area contributed by atoms with E-state index in [1.807, 2.05) is 23.1 Å². The van der Waals surface area contributed by atoms with Gasteiger partial charge in [0.25, 0.3) is 0 Å². The fourth-order valence-electron chi connectivity index (χ4n) is 3.66. The highest BCUT2D eigenvalue weighted by Gasteiger charge is 2.69. The molecule has 3 heteroatoms. The molecule has 1 aromatic rings. The predicted octanol–water partition coefficient (Wildman–Crippen LogP) is 2.84. The van der Waals surface area contributed by atoms with Crippen molar-refractivity contribution in [2.45, 2.75) is 34.1 Å². The minimum atomic E-state index is 0.0904. The van der Waals surface area contributed by atoms with Gasteiger partial charge in [-0.05, 0) is 29.4 Å². The summed E-state index contributed by atoms with van der Waals surface area (Å²) in [7, 11) is 0. The van der Waals surface area contributed by atoms with Crippen LogP contribution in [-0.4, -0.2) is 12.5 Å². The Labute approximate surface area is 114 Å². The molecule has 2 aliphatic rings. The van der Waals surface area contributed by atoms with Gasteiger partial charge >= 0.3 is 0 Å². The lowest BCUT2D eigenvalue weighted by molar-refractivity contribution is -0.120. The molecule has 1 fully saturated rings. The van der Waals surface area contributed by atoms with Crippen molar-refractivity contribution in [3.05, 3.63) is 23.8 Å². The highest BCUT2D eigenvalue weighted by atomic mass is 16.2. The first kappa shape index (κ1) is 12.5. The maximum Gasteiger partial charge on any atom is 0.231 e. The zero-order valence-corrected chi connectivity index (χ0v) is 12.2. The molecule has 0 spiro atoms. The van der Waals surface area contributed by atoms with E-state index in [4.69, 9.17) is 5.73 Å². The highest BCUT2D eigenvalue weighted by molar-refractivity contribution is 6.00. The molecule has 3 rings (SSSR count). The third-order valence-electron chi connectivity index (χ3n) is 5.60. The van der Waals surface area contributed by atoms with E-state index in [9.17, 15) is 4.79 Å². The Balaban J connectivity index is 1.92. The molecule has 1 heterocycles. The summed E-state index contributed by atoms with van der Waals surface area (Å²) in [6.45, 7) is 9.51. The number of anilines is 2. The van der Waals surface area contributed by atoms with Crippen molar-refractivity contribution >= 4 is 17.3 Å². The van der Waals surface area contributed by atoms with Gasteiger partial charge in [0.05, 0.1) is 0 Å². The number of rotatable bonds is 1. The van der Waals surface area contributed by atoms with Gasteiger partial charge in [-0.2, -0.15) is 0 Å². The minimum Gasteiger partial charge on any atom is -0.398 e. The smallest absolute Gasteiger partial charge is 0.231 e. The van der Waals surface area contributed by atoms with Gasteiger partial charge in [0.2, 0.25) is 5.91 Å². The summed E-state index contributed by atoms with van der Waals surface area (Å²) in [4.78, 5) is 14.7. The number of benzene rings is 1. The second-order valence-electron chi connectivity index (χ2n) is 6.96. The van der Waals surface area contributed by atoms with Crippen LogP contribution >= 0.6 is 0 Å². The normalized spacial score (nSPS) is 23.3. The lowest BCUT2D eigenvalue weighted by atomic mass is 10.0. The Hall–Kier alpha value is -1.51. The molecule has 1 saturated carbocycles. The molecule has 0 atom stereocenters. The van der Waals surface area contributed by atoms with E-state index >= 15 is 0 Å². The van der Waals surface area contributed by atoms with Gasteiger partial charge in [-0.15, -0.1) is 0 Å². The molecule has 1 amide bonds. The van der Waals surface area contributed by atoms with Crippen molar-refractivity contribution in [1.82, 2.24) is 0 Å². The SMILES string of the molecule is CC1(C)C(C(=O)N2CCc3c(N)cccc32)C1(C)C. The first-order valence-corrected chi connectivity index (χ1v) is 6.97. The fourth-order valence-corrected chi connectivity index (χ4v) is 3.66. The number of carbonyl (C=O) groups is 1. The zero-order valence-electron chi connectivity index (χ0n) is 12.2. The Morgan fingerprint density at radius 1 is 1.26 bits per heavy atom. The van der Waals surface area contributed by atoms with Crippen LogP contribution in [-0.2, 0) is 11.2 Å². The Bertz CT molecular complexity index is 546. The van der Waals surface area contributed by atoms with Gasteiger partial charge in [0.15, 0.2) is 0 Å². The molecule has 19 heavy (non-hydrogen) atoms. The third-order valence-corrected chi connectivity index (χ3v) is 5.60. The number of hydrogen-bond donors (Lipinski definition) is 1. The summed E-state index contributed by atoms with van der Waals surface area (Å²) < 4.78 is 0. The molecule has 2 N–H and O–H groups in total. The Morgan fingerprint density at radius 2 is 1.89 bits per heavy atom. The van der Waals surface area contributed by atoms with Crippen LogP contribution in [0.1, 0.15) is 33.3 Å². The molecule has 0 radical (unpaired) electrons. The first-order chi connectivity index (χ1) is 8.78. The van der Waals surface area contributed by atoms with Crippen molar-refractivity contribution in [1.29, 1.82) is 0 Å². The highest BCUT2D eigenvalue weighted by Crippen LogP contribution is 2.69. The topological polar surface area (TPSA) is 46.3 Å². The molecule has 1 aliphatic carbocycles. The van der Waals surface area contributed by atoms with Gasteiger partial charge in [-0.1, -0.05) is 33.8 Å². The largest absolute Gasteiger partial charge is 0.398 e. The van der Waals surface area contributed by atoms with Crippen LogP contribution < -0.4 is 10.6 Å². The molecular weight excluding hydrogens is 236 g/mol. The molecule has 102 valence electrons. The third kappa shape index (κ3) is 1.47. The van der Waals surface area contributed by atoms with Gasteiger partial charge in [0.1, 0.15) is 0 Å². The molecule has 0 saturated heterocycles. The van der Waals surface area contributed by atoms with Crippen LogP contribution in [0.25, 0.3) is 0 Å². The van der Waals surface area contributed by atoms with Crippen molar-refractivity contribution in [2.24, 2.45) is 16.7 Å². The van der Waals surface area contributed by atoms with Gasteiger partial charge in [0, 0.05) is 29.4 Å². The molecule has 1 aliphatic heterocycles. The van der Waals surface area contributed by atoms with E-state index in [0.717, 1.165) is 29.9 Å². The average molecular weight is 258 g/mol. The number of nitrogens with zero attached hydrogens (tertiary/aromatic N) is 1. The maximum atomic E-state index is 12.8. The standard InChI is InChI=1S/C16H22N2O/c1-15(2)13(16(15,3)4)14(19)18-9-8-10-11(17)6-5-7-12(10)18/h5-7,13H,8-9,17H2,1-4H3. The molecule has 1 aromatic carbocycles. The zero-order chi connectivity index (χ0) is 14.0. The van der Waals surface area contributed by atoms with E-state index < -0.39 is 0 Å². The van der Waals surface area contributed by atoms with E-state index in [1.165, 1.54) is 0 Å². The Morgan fingerprint density at radius 3 is 2.47 bits per heavy atom. The van der Waals surface area contributed by atoms with Crippen LogP contribution in [0.4, 0.5) is 11.4 Å². The van der Waals surface area contributed by atoms with E-state index in [-0.39, 0.29) is 22.7 Å². The van der Waals surface area contributed by atoms with E-state index in [0.29, 0.717) is 0 Å². The lowest BCUT2D eigenvalue weighted by Gasteiger charge is -2.18. The summed E-state index contributed by atoms with van der Waals surface area (Å²) in [5, 5.41) is 0. The number of hydrogen-bond acceptors (Lipinski definition) is 2. The lowest BCUT2D eigenvalue weighted by Crippen LogP contribution is -2.32. The van der Waals surface area contributed by atoms with Crippen LogP contribution in [0.3, 0.4) is 0 Å². The number of fused-ring (bicyclic) bond motifs is 1. The van der Waals surface area contributed by atoms with Crippen LogP contribution in [0.15, 0.2) is 18.2 Å². The van der Waals surface area contributed by atoms with Crippen molar-refractivity contribution in [3.8, 4) is 0 Å². The van der Waals surface area contributed by atoms with E-state index in [2.05, 4.69) is 27.7 Å². The molecule has 3 nitrogen and oxygen atoms in total. The summed E-state index contributed by atoms with van der Waals surface area (Å²) in [6.07, 6.45) is 0.876. The fraction of sp³-hybridized carbons (Fsp3) is 0.562. The molecular formula is C16H22N2O. The summed E-state index contributed by atoms with van der Waals surface area (Å²) in [6, 6.07) is 5.86. The number of carbonyl (C=O) groups excluding carboxylic acids is 1. The van der Waals surface area contributed by atoms with Crippen LogP contribution in [0, 0.1) is 16.7 Å². The molecule has 0 unspecified atom stereocenters. The second-order valence-corrected chi connectivity index (χ2v) is 6.96. The average Bonchev–Trinajstić information content (AvgIpc) is 2.66. The van der Waals surface area contributed by atoms with Gasteiger partial charge in [-0.25, -0.2) is 0 Å². The summed E-state index contributed by atoms with van der Waals surface area (Å²) in [5.74, 6) is 0.381. The monoisotopic (exact) mass is 258 g/mol. The van der Waals surface area contributed by atoms with Crippen molar-refractivity contribution < 1.29 is 4.79 Å². The predicted molar refractivity (Wildman–Crippen MR) is 78.0 cm³/mol.